The zero-order chi connectivity index (χ0) is 13.7. The number of rotatable bonds is 5. The van der Waals surface area contributed by atoms with Crippen LogP contribution < -0.4 is 5.32 Å². The van der Waals surface area contributed by atoms with Gasteiger partial charge in [0.05, 0.1) is 5.02 Å². The number of hydrogen-bond acceptors (Lipinski definition) is 1. The quantitative estimate of drug-likeness (QED) is 0.788. The molecule has 1 aromatic rings. The average Bonchev–Trinajstić information content (AvgIpc) is 2.28. The molecule has 0 aromatic heterocycles. The SMILES string of the molecule is CC(C)NC/C(=C/c1ccc(Cl)c(Br)c1)C(C)C. The second-order valence-corrected chi connectivity index (χ2v) is 6.34. The first-order chi connectivity index (χ1) is 8.40. The highest BCUT2D eigenvalue weighted by molar-refractivity contribution is 9.10. The Bertz CT molecular complexity index is 425. The van der Waals surface area contributed by atoms with Gasteiger partial charge in [0.15, 0.2) is 0 Å². The van der Waals surface area contributed by atoms with Crippen LogP contribution in [0.15, 0.2) is 28.2 Å². The van der Waals surface area contributed by atoms with Crippen molar-refractivity contribution in [1.29, 1.82) is 0 Å². The molecule has 0 fully saturated rings. The summed E-state index contributed by atoms with van der Waals surface area (Å²) in [5, 5.41) is 4.22. The average molecular weight is 331 g/mol. The van der Waals surface area contributed by atoms with Gasteiger partial charge in [-0.3, -0.25) is 0 Å². The molecule has 0 spiro atoms. The molecule has 1 aromatic carbocycles. The molecule has 3 heteroatoms. The van der Waals surface area contributed by atoms with E-state index in [2.05, 4.69) is 61.1 Å². The Morgan fingerprint density at radius 1 is 1.33 bits per heavy atom. The van der Waals surface area contributed by atoms with E-state index in [1.54, 1.807) is 0 Å². The largest absolute Gasteiger partial charge is 0.311 e. The third kappa shape index (κ3) is 5.13. The maximum Gasteiger partial charge on any atom is 0.0548 e. The van der Waals surface area contributed by atoms with E-state index in [9.17, 15) is 0 Å². The third-order valence-corrected chi connectivity index (χ3v) is 3.97. The Morgan fingerprint density at radius 3 is 2.50 bits per heavy atom. The highest BCUT2D eigenvalue weighted by Gasteiger charge is 2.05. The summed E-state index contributed by atoms with van der Waals surface area (Å²) in [5.74, 6) is 0.533. The van der Waals surface area contributed by atoms with Crippen LogP contribution in [0.5, 0.6) is 0 Å². The van der Waals surface area contributed by atoms with E-state index in [4.69, 9.17) is 11.6 Å². The normalized spacial score (nSPS) is 12.6. The van der Waals surface area contributed by atoms with E-state index in [0.29, 0.717) is 12.0 Å². The van der Waals surface area contributed by atoms with Crippen LogP contribution in [0.2, 0.25) is 5.02 Å². The standard InChI is InChI=1S/C15H21BrClN/c1-10(2)13(9-18-11(3)4)7-12-5-6-15(17)14(16)8-12/h5-8,10-11,18H,9H2,1-4H3/b13-7-. The van der Waals surface area contributed by atoms with Crippen molar-refractivity contribution in [3.05, 3.63) is 38.8 Å². The zero-order valence-electron chi connectivity index (χ0n) is 11.4. The molecular weight excluding hydrogens is 310 g/mol. The van der Waals surface area contributed by atoms with Crippen molar-refractivity contribution in [2.75, 3.05) is 6.54 Å². The van der Waals surface area contributed by atoms with Gasteiger partial charge in [-0.05, 0) is 39.5 Å². The lowest BCUT2D eigenvalue weighted by molar-refractivity contribution is 0.593. The fourth-order valence-electron chi connectivity index (χ4n) is 1.56. The lowest BCUT2D eigenvalue weighted by atomic mass is 10.00. The Kier molecular flexibility index (Phi) is 6.40. The van der Waals surface area contributed by atoms with Gasteiger partial charge in [0, 0.05) is 17.1 Å². The van der Waals surface area contributed by atoms with Crippen molar-refractivity contribution in [2.45, 2.75) is 33.7 Å². The number of halogens is 2. The van der Waals surface area contributed by atoms with E-state index < -0.39 is 0 Å². The van der Waals surface area contributed by atoms with Crippen LogP contribution in [0.3, 0.4) is 0 Å². The molecule has 0 aliphatic carbocycles. The molecule has 0 unspecified atom stereocenters. The molecule has 0 aliphatic heterocycles. The minimum atomic E-state index is 0.504. The van der Waals surface area contributed by atoms with Crippen molar-refractivity contribution in [3.8, 4) is 0 Å². The van der Waals surface area contributed by atoms with Crippen molar-refractivity contribution in [2.24, 2.45) is 5.92 Å². The smallest absolute Gasteiger partial charge is 0.0548 e. The predicted molar refractivity (Wildman–Crippen MR) is 85.1 cm³/mol. The summed E-state index contributed by atoms with van der Waals surface area (Å²) in [6, 6.07) is 6.53. The first-order valence-electron chi connectivity index (χ1n) is 6.29. The monoisotopic (exact) mass is 329 g/mol. The first-order valence-corrected chi connectivity index (χ1v) is 7.46. The van der Waals surface area contributed by atoms with Crippen LogP contribution in [0.4, 0.5) is 0 Å². The summed E-state index contributed by atoms with van der Waals surface area (Å²) in [4.78, 5) is 0. The van der Waals surface area contributed by atoms with Crippen LogP contribution in [-0.2, 0) is 0 Å². The van der Waals surface area contributed by atoms with Crippen molar-refractivity contribution in [1.82, 2.24) is 5.32 Å². The minimum absolute atomic E-state index is 0.504. The summed E-state index contributed by atoms with van der Waals surface area (Å²) >= 11 is 9.46. The third-order valence-electron chi connectivity index (χ3n) is 2.75. The summed E-state index contributed by atoms with van der Waals surface area (Å²) in [6.45, 7) is 9.70. The lowest BCUT2D eigenvalue weighted by Crippen LogP contribution is -2.26. The highest BCUT2D eigenvalue weighted by Crippen LogP contribution is 2.25. The lowest BCUT2D eigenvalue weighted by Gasteiger charge is -2.15. The van der Waals surface area contributed by atoms with Crippen LogP contribution in [0, 0.1) is 5.92 Å². The summed E-state index contributed by atoms with van der Waals surface area (Å²) in [7, 11) is 0. The Labute approximate surface area is 124 Å². The summed E-state index contributed by atoms with van der Waals surface area (Å²) in [6.07, 6.45) is 2.24. The number of hydrogen-bond donors (Lipinski definition) is 1. The van der Waals surface area contributed by atoms with E-state index in [0.717, 1.165) is 16.0 Å². The molecule has 1 nitrogen and oxygen atoms in total. The maximum absolute atomic E-state index is 6.00. The van der Waals surface area contributed by atoms with Crippen LogP contribution >= 0.6 is 27.5 Å². The first kappa shape index (κ1) is 15.7. The number of nitrogens with one attached hydrogen (secondary N) is 1. The van der Waals surface area contributed by atoms with Crippen LogP contribution in [0.25, 0.3) is 6.08 Å². The second-order valence-electron chi connectivity index (χ2n) is 5.08. The molecule has 0 radical (unpaired) electrons. The molecule has 0 aliphatic rings. The van der Waals surface area contributed by atoms with E-state index >= 15 is 0 Å². The second kappa shape index (κ2) is 7.32. The van der Waals surface area contributed by atoms with E-state index in [1.807, 2.05) is 12.1 Å². The Morgan fingerprint density at radius 2 is 2.00 bits per heavy atom. The molecular formula is C15H21BrClN. The zero-order valence-corrected chi connectivity index (χ0v) is 13.8. The van der Waals surface area contributed by atoms with Gasteiger partial charge in [-0.1, -0.05) is 57.0 Å². The van der Waals surface area contributed by atoms with Gasteiger partial charge in [-0.15, -0.1) is 0 Å². The molecule has 0 bridgehead atoms. The van der Waals surface area contributed by atoms with Gasteiger partial charge >= 0.3 is 0 Å². The fraction of sp³-hybridized carbons (Fsp3) is 0.467. The molecule has 0 amide bonds. The summed E-state index contributed by atoms with van der Waals surface area (Å²) in [5.41, 5.74) is 2.58. The van der Waals surface area contributed by atoms with Crippen molar-refractivity contribution < 1.29 is 0 Å². The molecule has 0 saturated heterocycles. The summed E-state index contributed by atoms with van der Waals surface area (Å²) < 4.78 is 0.942. The highest BCUT2D eigenvalue weighted by atomic mass is 79.9. The predicted octanol–water partition coefficient (Wildman–Crippen LogP) is 5.14. The molecule has 1 N–H and O–H groups in total. The maximum atomic E-state index is 6.00. The van der Waals surface area contributed by atoms with Gasteiger partial charge in [0.2, 0.25) is 0 Å². The van der Waals surface area contributed by atoms with Crippen molar-refractivity contribution in [3.63, 3.8) is 0 Å². The minimum Gasteiger partial charge on any atom is -0.311 e. The molecule has 0 atom stereocenters. The van der Waals surface area contributed by atoms with Gasteiger partial charge in [-0.2, -0.15) is 0 Å². The molecule has 0 heterocycles. The van der Waals surface area contributed by atoms with Crippen LogP contribution in [-0.4, -0.2) is 12.6 Å². The van der Waals surface area contributed by atoms with E-state index in [-0.39, 0.29) is 0 Å². The van der Waals surface area contributed by atoms with Crippen LogP contribution in [0.1, 0.15) is 33.3 Å². The number of benzene rings is 1. The molecule has 18 heavy (non-hydrogen) atoms. The van der Waals surface area contributed by atoms with Crippen molar-refractivity contribution >= 4 is 33.6 Å². The van der Waals surface area contributed by atoms with Gasteiger partial charge in [0.1, 0.15) is 0 Å². The molecule has 0 saturated carbocycles. The Hall–Kier alpha value is -0.310. The molecule has 100 valence electrons. The van der Waals surface area contributed by atoms with Gasteiger partial charge in [0.25, 0.3) is 0 Å². The van der Waals surface area contributed by atoms with Gasteiger partial charge < -0.3 is 5.32 Å². The Balaban J connectivity index is 2.89. The molecule has 1 rings (SSSR count). The fourth-order valence-corrected chi connectivity index (χ4v) is 2.07. The topological polar surface area (TPSA) is 12.0 Å². The van der Waals surface area contributed by atoms with E-state index in [1.165, 1.54) is 11.1 Å². The van der Waals surface area contributed by atoms with Gasteiger partial charge in [-0.25, -0.2) is 0 Å².